The molecule has 0 saturated carbocycles. The van der Waals surface area contributed by atoms with Gasteiger partial charge in [0.2, 0.25) is 5.91 Å². The van der Waals surface area contributed by atoms with E-state index in [9.17, 15) is 9.90 Å². The van der Waals surface area contributed by atoms with Crippen LogP contribution in [0.5, 0.6) is 5.75 Å². The number of amides is 1. The van der Waals surface area contributed by atoms with Crippen LogP contribution < -0.4 is 15.5 Å². The highest BCUT2D eigenvalue weighted by molar-refractivity contribution is 5.74. The first-order valence-electron chi connectivity index (χ1n) is 7.40. The first kappa shape index (κ1) is 18.4. The van der Waals surface area contributed by atoms with Gasteiger partial charge < -0.3 is 15.2 Å². The van der Waals surface area contributed by atoms with E-state index in [-0.39, 0.29) is 18.9 Å². The van der Waals surface area contributed by atoms with Gasteiger partial charge in [-0.25, -0.2) is 5.48 Å². The van der Waals surface area contributed by atoms with Gasteiger partial charge in [-0.05, 0) is 32.9 Å². The monoisotopic (exact) mass is 310 g/mol. The Labute approximate surface area is 131 Å². The maximum absolute atomic E-state index is 11.5. The lowest BCUT2D eigenvalue weighted by Crippen LogP contribution is -2.36. The van der Waals surface area contributed by atoms with Crippen molar-refractivity contribution in [1.29, 1.82) is 0 Å². The number of nitrogens with one attached hydrogen (secondary N) is 2. The molecule has 0 bridgehead atoms. The molecule has 1 atom stereocenters. The van der Waals surface area contributed by atoms with E-state index >= 15 is 0 Å². The van der Waals surface area contributed by atoms with Crippen LogP contribution in [0.3, 0.4) is 0 Å². The van der Waals surface area contributed by atoms with E-state index < -0.39 is 11.7 Å². The van der Waals surface area contributed by atoms with E-state index in [2.05, 4.69) is 10.8 Å². The smallest absolute Gasteiger partial charge is 0.244 e. The van der Waals surface area contributed by atoms with Gasteiger partial charge in [0.15, 0.2) is 0 Å². The van der Waals surface area contributed by atoms with Crippen LogP contribution in [0.15, 0.2) is 30.3 Å². The van der Waals surface area contributed by atoms with Crippen molar-refractivity contribution in [1.82, 2.24) is 10.8 Å². The van der Waals surface area contributed by atoms with Crippen molar-refractivity contribution in [3.8, 4) is 5.75 Å². The lowest BCUT2D eigenvalue weighted by molar-refractivity contribution is -0.145. The van der Waals surface area contributed by atoms with E-state index in [1.54, 1.807) is 0 Å². The van der Waals surface area contributed by atoms with Crippen molar-refractivity contribution in [2.24, 2.45) is 0 Å². The van der Waals surface area contributed by atoms with Crippen molar-refractivity contribution in [3.63, 3.8) is 0 Å². The number of rotatable bonds is 9. The molecule has 1 rings (SSSR count). The average molecular weight is 310 g/mol. The molecule has 1 aromatic rings. The number of carbonyl (C=O) groups is 1. The van der Waals surface area contributed by atoms with E-state index in [4.69, 9.17) is 9.57 Å². The van der Waals surface area contributed by atoms with Crippen molar-refractivity contribution in [2.45, 2.75) is 38.9 Å². The Bertz CT molecular complexity index is 432. The summed E-state index contributed by atoms with van der Waals surface area (Å²) < 4.78 is 5.43. The number of hydrogen-bond donors (Lipinski definition) is 3. The molecule has 0 aliphatic carbocycles. The summed E-state index contributed by atoms with van der Waals surface area (Å²) in [6.07, 6.45) is -0.350. The first-order valence-corrected chi connectivity index (χ1v) is 7.40. The fraction of sp³-hybridized carbons (Fsp3) is 0.562. The molecule has 6 nitrogen and oxygen atoms in total. The van der Waals surface area contributed by atoms with Crippen molar-refractivity contribution < 1.29 is 19.5 Å². The molecular formula is C16H26N2O4. The van der Waals surface area contributed by atoms with Gasteiger partial charge >= 0.3 is 0 Å². The molecule has 0 aliphatic heterocycles. The van der Waals surface area contributed by atoms with Crippen molar-refractivity contribution in [2.75, 3.05) is 19.7 Å². The average Bonchev–Trinajstić information content (AvgIpc) is 2.48. The molecule has 1 amide bonds. The van der Waals surface area contributed by atoms with E-state index in [1.165, 1.54) is 0 Å². The van der Waals surface area contributed by atoms with Crippen molar-refractivity contribution >= 4 is 5.91 Å². The van der Waals surface area contributed by atoms with Gasteiger partial charge in [-0.3, -0.25) is 9.63 Å². The molecular weight excluding hydrogens is 284 g/mol. The number of hydroxylamine groups is 1. The van der Waals surface area contributed by atoms with Gasteiger partial charge in [-0.2, -0.15) is 0 Å². The second-order valence-corrected chi connectivity index (χ2v) is 5.97. The fourth-order valence-corrected chi connectivity index (χ4v) is 1.50. The first-order chi connectivity index (χ1) is 10.4. The summed E-state index contributed by atoms with van der Waals surface area (Å²) in [5.74, 6) is 0.526. The predicted octanol–water partition coefficient (Wildman–Crippen LogP) is 1.25. The van der Waals surface area contributed by atoms with Gasteiger partial charge in [0.1, 0.15) is 18.5 Å². The maximum atomic E-state index is 11.5. The number of hydrogen-bond acceptors (Lipinski definition) is 5. The van der Waals surface area contributed by atoms with Crippen LogP contribution in [-0.4, -0.2) is 42.4 Å². The third kappa shape index (κ3) is 9.33. The zero-order valence-electron chi connectivity index (χ0n) is 13.5. The number of para-hydroxylation sites is 1. The third-order valence-corrected chi connectivity index (χ3v) is 2.57. The Morgan fingerprint density at radius 3 is 2.59 bits per heavy atom. The minimum absolute atomic E-state index is 0.197. The predicted molar refractivity (Wildman–Crippen MR) is 84.4 cm³/mol. The Morgan fingerprint density at radius 1 is 1.27 bits per heavy atom. The molecule has 0 saturated heterocycles. The molecule has 22 heavy (non-hydrogen) atoms. The number of benzene rings is 1. The number of aliphatic hydroxyl groups is 1. The fourth-order valence-electron chi connectivity index (χ4n) is 1.50. The summed E-state index contributed by atoms with van der Waals surface area (Å²) in [6, 6.07) is 9.31. The van der Waals surface area contributed by atoms with Crippen molar-refractivity contribution in [3.05, 3.63) is 30.3 Å². The molecule has 3 N–H and O–H groups in total. The molecule has 1 aromatic carbocycles. The molecule has 0 aromatic heterocycles. The Morgan fingerprint density at radius 2 is 1.95 bits per heavy atom. The molecule has 0 radical (unpaired) electrons. The summed E-state index contributed by atoms with van der Waals surface area (Å²) in [6.45, 7) is 6.59. The normalized spacial score (nSPS) is 12.7. The van der Waals surface area contributed by atoms with Crippen LogP contribution in [0.4, 0.5) is 0 Å². The minimum Gasteiger partial charge on any atom is -0.491 e. The van der Waals surface area contributed by atoms with Crippen LogP contribution in [0.25, 0.3) is 0 Å². The molecule has 0 spiro atoms. The van der Waals surface area contributed by atoms with Crippen LogP contribution in [0.2, 0.25) is 0 Å². The van der Waals surface area contributed by atoms with Crippen LogP contribution in [0.1, 0.15) is 27.2 Å². The zero-order chi connectivity index (χ0) is 16.4. The molecule has 0 heterocycles. The van der Waals surface area contributed by atoms with E-state index in [1.807, 2.05) is 51.1 Å². The summed E-state index contributed by atoms with van der Waals surface area (Å²) in [4.78, 5) is 16.6. The van der Waals surface area contributed by atoms with E-state index in [0.717, 1.165) is 5.75 Å². The van der Waals surface area contributed by atoms with Crippen LogP contribution in [-0.2, 0) is 9.63 Å². The van der Waals surface area contributed by atoms with Gasteiger partial charge in [-0.1, -0.05) is 18.2 Å². The second kappa shape index (κ2) is 9.40. The third-order valence-electron chi connectivity index (χ3n) is 2.57. The lowest BCUT2D eigenvalue weighted by Gasteiger charge is -2.19. The Hall–Kier alpha value is -1.63. The Kier molecular flexibility index (Phi) is 7.87. The van der Waals surface area contributed by atoms with E-state index in [0.29, 0.717) is 13.1 Å². The maximum Gasteiger partial charge on any atom is 0.244 e. The highest BCUT2D eigenvalue weighted by Gasteiger charge is 2.12. The number of ether oxygens (including phenoxy) is 1. The summed E-state index contributed by atoms with van der Waals surface area (Å²) >= 11 is 0. The number of carbonyl (C=O) groups excluding carboxylic acids is 1. The Balaban J connectivity index is 2.05. The summed E-state index contributed by atoms with van der Waals surface area (Å²) in [5.41, 5.74) is 1.98. The van der Waals surface area contributed by atoms with Gasteiger partial charge in [0.05, 0.1) is 5.60 Å². The number of aliphatic hydroxyl groups excluding tert-OH is 1. The largest absolute Gasteiger partial charge is 0.491 e. The highest BCUT2D eigenvalue weighted by atomic mass is 16.7. The topological polar surface area (TPSA) is 79.8 Å². The highest BCUT2D eigenvalue weighted by Crippen LogP contribution is 2.08. The van der Waals surface area contributed by atoms with Gasteiger partial charge in [0.25, 0.3) is 0 Å². The standard InChI is InChI=1S/C16H26N2O4/c1-16(2,3)22-18-15(20)9-10-17-11-13(19)12-21-14-7-5-4-6-8-14/h4-8,13,17,19H,9-12H2,1-3H3,(H,18,20). The molecule has 1 unspecified atom stereocenters. The van der Waals surface area contributed by atoms with Gasteiger partial charge in [0, 0.05) is 19.5 Å². The molecule has 124 valence electrons. The lowest BCUT2D eigenvalue weighted by atomic mass is 10.2. The summed E-state index contributed by atoms with van der Waals surface area (Å²) in [5, 5.41) is 12.8. The van der Waals surface area contributed by atoms with Gasteiger partial charge in [-0.15, -0.1) is 0 Å². The zero-order valence-corrected chi connectivity index (χ0v) is 13.5. The van der Waals surface area contributed by atoms with Crippen LogP contribution >= 0.6 is 0 Å². The molecule has 0 aliphatic rings. The molecule has 6 heteroatoms. The quantitative estimate of drug-likeness (QED) is 0.472. The SMILES string of the molecule is CC(C)(C)ONC(=O)CCNCC(O)COc1ccccc1. The minimum atomic E-state index is -0.630. The second-order valence-electron chi connectivity index (χ2n) is 5.97. The summed E-state index contributed by atoms with van der Waals surface area (Å²) in [7, 11) is 0. The molecule has 0 fully saturated rings. The van der Waals surface area contributed by atoms with Crippen LogP contribution in [0, 0.1) is 0 Å².